The van der Waals surface area contributed by atoms with E-state index in [4.69, 9.17) is 5.73 Å². The molecule has 7 heteroatoms. The Bertz CT molecular complexity index is 784. The number of imidazole rings is 1. The lowest BCUT2D eigenvalue weighted by atomic mass is 10.1. The molecule has 7 nitrogen and oxygen atoms in total. The highest BCUT2D eigenvalue weighted by Gasteiger charge is 2.18. The van der Waals surface area contributed by atoms with Crippen LogP contribution in [-0.4, -0.2) is 39.1 Å². The Balaban J connectivity index is 1.90. The zero-order valence-electron chi connectivity index (χ0n) is 11.7. The molecule has 0 aromatic carbocycles. The number of aromatic nitrogens is 4. The first-order valence-corrected chi connectivity index (χ1v) is 6.94. The summed E-state index contributed by atoms with van der Waals surface area (Å²) in [5.41, 5.74) is 6.37. The molecule has 0 bridgehead atoms. The van der Waals surface area contributed by atoms with Crippen molar-refractivity contribution < 1.29 is 0 Å². The zero-order chi connectivity index (χ0) is 14.8. The van der Waals surface area contributed by atoms with Gasteiger partial charge in [0.25, 0.3) is 0 Å². The minimum atomic E-state index is -0.273. The maximum Gasteiger partial charge on any atom is 0.323 e. The molecule has 0 spiro atoms. The molecule has 3 rings (SSSR count). The highest BCUT2D eigenvalue weighted by atomic mass is 16.1. The Morgan fingerprint density at radius 1 is 1.38 bits per heavy atom. The molecule has 110 valence electrons. The summed E-state index contributed by atoms with van der Waals surface area (Å²) in [5.74, 6) is 0.694. The number of nitrogens with one attached hydrogen (secondary N) is 2. The van der Waals surface area contributed by atoms with Gasteiger partial charge in [0.2, 0.25) is 5.95 Å². The van der Waals surface area contributed by atoms with Gasteiger partial charge in [-0.2, -0.15) is 0 Å². The van der Waals surface area contributed by atoms with Crippen molar-refractivity contribution >= 4 is 18.6 Å². The number of H-pyrrole nitrogens is 2. The predicted octanol–water partition coefficient (Wildman–Crippen LogP) is -1.34. The highest BCUT2D eigenvalue weighted by Crippen LogP contribution is 2.15. The van der Waals surface area contributed by atoms with Crippen LogP contribution in [0.3, 0.4) is 0 Å². The Kier molecular flexibility index (Phi) is 3.57. The molecule has 1 fully saturated rings. The highest BCUT2D eigenvalue weighted by molar-refractivity contribution is 5.46. The van der Waals surface area contributed by atoms with Crippen LogP contribution < -0.4 is 27.0 Å². The topological polar surface area (TPSA) is 104 Å². The van der Waals surface area contributed by atoms with Crippen LogP contribution in [-0.2, 0) is 0 Å². The van der Waals surface area contributed by atoms with E-state index in [1.54, 1.807) is 18.3 Å². The fourth-order valence-corrected chi connectivity index (χ4v) is 2.40. The summed E-state index contributed by atoms with van der Waals surface area (Å²) in [6.45, 7) is 5.51. The lowest BCUT2D eigenvalue weighted by molar-refractivity contribution is 0.495. The third-order valence-electron chi connectivity index (χ3n) is 3.62. The number of nitrogens with zero attached hydrogens (tertiary/aromatic N) is 3. The average Bonchev–Trinajstić information content (AvgIpc) is 2.78. The summed E-state index contributed by atoms with van der Waals surface area (Å²) in [7, 11) is 0. The molecular weight excluding hydrogens is 268 g/mol. The third kappa shape index (κ3) is 3.03. The summed E-state index contributed by atoms with van der Waals surface area (Å²) in [5, 5.41) is 1.18. The van der Waals surface area contributed by atoms with Crippen molar-refractivity contribution in [3.05, 3.63) is 39.1 Å². The van der Waals surface area contributed by atoms with Crippen LogP contribution in [0.25, 0.3) is 12.7 Å². The van der Waals surface area contributed by atoms with Crippen molar-refractivity contribution in [1.29, 1.82) is 0 Å². The second-order valence-corrected chi connectivity index (χ2v) is 5.22. The van der Waals surface area contributed by atoms with E-state index in [1.165, 1.54) is 0 Å². The van der Waals surface area contributed by atoms with Crippen LogP contribution >= 0.6 is 0 Å². The Hall–Kier alpha value is -2.41. The van der Waals surface area contributed by atoms with E-state index < -0.39 is 0 Å². The molecule has 0 atom stereocenters. The van der Waals surface area contributed by atoms with Crippen LogP contribution in [0.1, 0.15) is 18.5 Å². The van der Waals surface area contributed by atoms with E-state index >= 15 is 0 Å². The molecule has 0 aliphatic carbocycles. The van der Waals surface area contributed by atoms with Crippen molar-refractivity contribution in [2.45, 2.75) is 18.9 Å². The molecule has 1 saturated heterocycles. The molecule has 21 heavy (non-hydrogen) atoms. The largest absolute Gasteiger partial charge is 0.341 e. The predicted molar refractivity (Wildman–Crippen MR) is 81.2 cm³/mol. The minimum Gasteiger partial charge on any atom is -0.341 e. The van der Waals surface area contributed by atoms with Crippen molar-refractivity contribution in [2.24, 2.45) is 5.73 Å². The smallest absolute Gasteiger partial charge is 0.323 e. The van der Waals surface area contributed by atoms with Crippen LogP contribution in [0.4, 0.5) is 5.95 Å². The molecule has 4 N–H and O–H groups in total. The summed E-state index contributed by atoms with van der Waals surface area (Å²) in [4.78, 5) is 27.5. The Morgan fingerprint density at radius 3 is 2.81 bits per heavy atom. The van der Waals surface area contributed by atoms with Gasteiger partial charge in [-0.05, 0) is 25.0 Å². The minimum absolute atomic E-state index is 0.273. The molecule has 3 heterocycles. The third-order valence-corrected chi connectivity index (χ3v) is 3.62. The van der Waals surface area contributed by atoms with Crippen LogP contribution in [0.15, 0.2) is 17.1 Å². The van der Waals surface area contributed by atoms with Crippen LogP contribution in [0.2, 0.25) is 0 Å². The van der Waals surface area contributed by atoms with Gasteiger partial charge >= 0.3 is 5.69 Å². The summed E-state index contributed by atoms with van der Waals surface area (Å²) < 4.78 is 0. The number of hydrogen-bond donors (Lipinski definition) is 3. The van der Waals surface area contributed by atoms with Gasteiger partial charge < -0.3 is 20.6 Å². The van der Waals surface area contributed by atoms with Gasteiger partial charge in [0.05, 0.1) is 16.4 Å². The van der Waals surface area contributed by atoms with E-state index in [9.17, 15) is 4.79 Å². The number of aromatic amines is 2. The van der Waals surface area contributed by atoms with Crippen LogP contribution in [0.5, 0.6) is 0 Å². The van der Waals surface area contributed by atoms with E-state index in [2.05, 4.69) is 31.4 Å². The molecule has 2 aromatic rings. The normalized spacial score (nSPS) is 17.4. The number of anilines is 1. The molecule has 1 aliphatic rings. The number of nitrogens with two attached hydrogens (primary N) is 1. The molecule has 2 aromatic heterocycles. The maximum atomic E-state index is 11.2. The monoisotopic (exact) mass is 286 g/mol. The first-order valence-electron chi connectivity index (χ1n) is 6.94. The molecule has 0 radical (unpaired) electrons. The van der Waals surface area contributed by atoms with Gasteiger partial charge in [-0.15, -0.1) is 0 Å². The van der Waals surface area contributed by atoms with E-state index in [-0.39, 0.29) is 11.7 Å². The first kappa shape index (κ1) is 13.6. The van der Waals surface area contributed by atoms with E-state index in [0.29, 0.717) is 16.6 Å². The Labute approximate surface area is 121 Å². The zero-order valence-corrected chi connectivity index (χ0v) is 11.7. The van der Waals surface area contributed by atoms with Crippen molar-refractivity contribution in [1.82, 2.24) is 19.9 Å². The van der Waals surface area contributed by atoms with Gasteiger partial charge in [-0.1, -0.05) is 6.58 Å². The number of rotatable bonds is 2. The average molecular weight is 286 g/mol. The maximum absolute atomic E-state index is 11.2. The molecule has 1 aliphatic heterocycles. The fraction of sp³-hybridized carbons (Fsp3) is 0.357. The quantitative estimate of drug-likeness (QED) is 0.634. The van der Waals surface area contributed by atoms with Crippen LogP contribution in [0, 0.1) is 0 Å². The Morgan fingerprint density at radius 2 is 2.14 bits per heavy atom. The van der Waals surface area contributed by atoms with Crippen molar-refractivity contribution in [3.8, 4) is 0 Å². The summed E-state index contributed by atoms with van der Waals surface area (Å²) in [6, 6.07) is 2.07. The van der Waals surface area contributed by atoms with Gasteiger partial charge in [0, 0.05) is 25.3 Å². The van der Waals surface area contributed by atoms with Crippen molar-refractivity contribution in [3.63, 3.8) is 0 Å². The summed E-state index contributed by atoms with van der Waals surface area (Å²) in [6.07, 6.45) is 5.40. The first-order chi connectivity index (χ1) is 10.1. The van der Waals surface area contributed by atoms with Gasteiger partial charge in [0.1, 0.15) is 0 Å². The molecule has 0 saturated carbocycles. The van der Waals surface area contributed by atoms with E-state index in [0.717, 1.165) is 31.6 Å². The molecule has 0 amide bonds. The number of hydrogen-bond acceptors (Lipinski definition) is 5. The van der Waals surface area contributed by atoms with Crippen molar-refractivity contribution in [2.75, 3.05) is 18.0 Å². The second kappa shape index (κ2) is 5.53. The van der Waals surface area contributed by atoms with E-state index in [1.807, 2.05) is 0 Å². The standard InChI is InChI=1S/C14H18N6O/c1-9-12(19-14(21)17-9)8-11-2-5-16-13(18-11)20-6-3-10(15)4-7-20/h2,5,8,10H,1,3-4,6-7,15H2,(H2,17,19,21)/b12-8-. The van der Waals surface area contributed by atoms with Gasteiger partial charge in [0.15, 0.2) is 0 Å². The summed E-state index contributed by atoms with van der Waals surface area (Å²) >= 11 is 0. The number of piperidine rings is 1. The fourth-order valence-electron chi connectivity index (χ4n) is 2.40. The second-order valence-electron chi connectivity index (χ2n) is 5.22. The van der Waals surface area contributed by atoms with Gasteiger partial charge in [-0.3, -0.25) is 0 Å². The molecule has 0 unspecified atom stereocenters. The lowest BCUT2D eigenvalue weighted by Crippen LogP contribution is -2.40. The SMILES string of the molecule is C=c1[nH]c(=O)[nH]/c1=C\c1ccnc(N2CCC(N)CC2)n1. The lowest BCUT2D eigenvalue weighted by Gasteiger charge is -2.30. The molecular formula is C14H18N6O. The van der Waals surface area contributed by atoms with Gasteiger partial charge in [-0.25, -0.2) is 14.8 Å².